The van der Waals surface area contributed by atoms with E-state index in [1.54, 1.807) is 31.1 Å². The molecule has 1 heterocycles. The van der Waals surface area contributed by atoms with E-state index in [9.17, 15) is 9.59 Å². The van der Waals surface area contributed by atoms with Crippen LogP contribution in [0.2, 0.25) is 0 Å². The van der Waals surface area contributed by atoms with Crippen molar-refractivity contribution >= 4 is 23.2 Å². The molecular weight excluding hydrogens is 356 g/mol. The number of aryl methyl sites for hydroxylation is 1. The SMILES string of the molecule is CNC(=O)c1ccc(CN(C)C(=O)c2sccc2-c2ccc(C)cc2)cc1. The van der Waals surface area contributed by atoms with E-state index >= 15 is 0 Å². The molecular formula is C22H22N2O2S. The summed E-state index contributed by atoms with van der Waals surface area (Å²) in [6.07, 6.45) is 0. The van der Waals surface area contributed by atoms with Crippen LogP contribution in [-0.4, -0.2) is 30.8 Å². The van der Waals surface area contributed by atoms with Crippen molar-refractivity contribution in [1.82, 2.24) is 10.2 Å². The predicted molar refractivity (Wildman–Crippen MR) is 110 cm³/mol. The monoisotopic (exact) mass is 378 g/mol. The molecule has 2 amide bonds. The molecule has 0 saturated heterocycles. The van der Waals surface area contributed by atoms with E-state index in [4.69, 9.17) is 0 Å². The molecule has 0 atom stereocenters. The van der Waals surface area contributed by atoms with Crippen LogP contribution in [0.3, 0.4) is 0 Å². The first-order valence-corrected chi connectivity index (χ1v) is 9.58. The van der Waals surface area contributed by atoms with E-state index in [1.807, 2.05) is 42.6 Å². The molecule has 0 fully saturated rings. The fourth-order valence-corrected chi connectivity index (χ4v) is 3.77. The summed E-state index contributed by atoms with van der Waals surface area (Å²) in [5.41, 5.74) is 4.79. The molecule has 0 aliphatic rings. The van der Waals surface area contributed by atoms with Gasteiger partial charge in [-0.1, -0.05) is 42.0 Å². The van der Waals surface area contributed by atoms with E-state index in [1.165, 1.54) is 16.9 Å². The molecule has 4 nitrogen and oxygen atoms in total. The first-order valence-electron chi connectivity index (χ1n) is 8.70. The maximum absolute atomic E-state index is 13.0. The summed E-state index contributed by atoms with van der Waals surface area (Å²) in [5.74, 6) is -0.122. The van der Waals surface area contributed by atoms with Crippen LogP contribution in [0.25, 0.3) is 11.1 Å². The molecule has 1 aromatic heterocycles. The number of nitrogens with one attached hydrogen (secondary N) is 1. The summed E-state index contributed by atoms with van der Waals surface area (Å²) >= 11 is 1.46. The van der Waals surface area contributed by atoms with Crippen molar-refractivity contribution in [3.05, 3.63) is 81.5 Å². The van der Waals surface area contributed by atoms with Gasteiger partial charge in [-0.3, -0.25) is 9.59 Å². The second-order valence-corrected chi connectivity index (χ2v) is 7.38. The van der Waals surface area contributed by atoms with Gasteiger partial charge >= 0.3 is 0 Å². The number of nitrogens with zero attached hydrogens (tertiary/aromatic N) is 1. The molecule has 0 aliphatic heterocycles. The zero-order chi connectivity index (χ0) is 19.4. The van der Waals surface area contributed by atoms with Crippen molar-refractivity contribution in [2.45, 2.75) is 13.5 Å². The molecule has 0 spiro atoms. The van der Waals surface area contributed by atoms with Crippen molar-refractivity contribution < 1.29 is 9.59 Å². The highest BCUT2D eigenvalue weighted by molar-refractivity contribution is 7.12. The predicted octanol–water partition coefficient (Wildman–Crippen LogP) is 4.36. The molecule has 0 aliphatic carbocycles. The number of hydrogen-bond donors (Lipinski definition) is 1. The largest absolute Gasteiger partial charge is 0.355 e. The smallest absolute Gasteiger partial charge is 0.264 e. The Kier molecular flexibility index (Phi) is 5.72. The number of amides is 2. The van der Waals surface area contributed by atoms with Gasteiger partial charge in [0.05, 0.1) is 4.88 Å². The van der Waals surface area contributed by atoms with Crippen LogP contribution in [0, 0.1) is 6.92 Å². The molecule has 0 unspecified atom stereocenters. The first kappa shape index (κ1) is 18.9. The molecule has 3 rings (SSSR count). The van der Waals surface area contributed by atoms with Gasteiger partial charge in [0.2, 0.25) is 0 Å². The van der Waals surface area contributed by atoms with Crippen LogP contribution in [0.4, 0.5) is 0 Å². The molecule has 0 bridgehead atoms. The van der Waals surface area contributed by atoms with Gasteiger partial charge in [-0.05, 0) is 41.6 Å². The van der Waals surface area contributed by atoms with Gasteiger partial charge in [-0.15, -0.1) is 11.3 Å². The van der Waals surface area contributed by atoms with E-state index in [0.29, 0.717) is 12.1 Å². The fourth-order valence-electron chi connectivity index (χ4n) is 2.86. The van der Waals surface area contributed by atoms with E-state index in [2.05, 4.69) is 17.4 Å². The topological polar surface area (TPSA) is 49.4 Å². The van der Waals surface area contributed by atoms with Gasteiger partial charge < -0.3 is 10.2 Å². The quantitative estimate of drug-likeness (QED) is 0.717. The van der Waals surface area contributed by atoms with Crippen molar-refractivity contribution in [1.29, 1.82) is 0 Å². The summed E-state index contributed by atoms with van der Waals surface area (Å²) in [5, 5.41) is 4.55. The number of benzene rings is 2. The van der Waals surface area contributed by atoms with Gasteiger partial charge in [-0.25, -0.2) is 0 Å². The lowest BCUT2D eigenvalue weighted by Crippen LogP contribution is -2.26. The van der Waals surface area contributed by atoms with Crippen LogP contribution in [0.1, 0.15) is 31.2 Å². The third-order valence-corrected chi connectivity index (χ3v) is 5.33. The Morgan fingerprint density at radius 2 is 1.67 bits per heavy atom. The van der Waals surface area contributed by atoms with Crippen LogP contribution >= 0.6 is 11.3 Å². The summed E-state index contributed by atoms with van der Waals surface area (Å²) in [4.78, 5) is 27.0. The number of rotatable bonds is 5. The van der Waals surface area contributed by atoms with E-state index in [0.717, 1.165) is 21.6 Å². The van der Waals surface area contributed by atoms with Gasteiger partial charge in [0.15, 0.2) is 0 Å². The maximum Gasteiger partial charge on any atom is 0.264 e. The fraction of sp³-hybridized carbons (Fsp3) is 0.182. The highest BCUT2D eigenvalue weighted by Gasteiger charge is 2.18. The minimum Gasteiger partial charge on any atom is -0.355 e. The lowest BCUT2D eigenvalue weighted by molar-refractivity contribution is 0.0790. The Balaban J connectivity index is 1.75. The van der Waals surface area contributed by atoms with Crippen molar-refractivity contribution in [2.75, 3.05) is 14.1 Å². The van der Waals surface area contributed by atoms with E-state index < -0.39 is 0 Å². The number of hydrogen-bond acceptors (Lipinski definition) is 3. The standard InChI is InChI=1S/C22H22N2O2S/c1-15-4-8-17(9-5-15)19-12-13-27-20(19)22(26)24(3)14-16-6-10-18(11-7-16)21(25)23-2/h4-13H,14H2,1-3H3,(H,23,25). The Morgan fingerprint density at radius 3 is 2.30 bits per heavy atom. The Labute approximate surface area is 163 Å². The second kappa shape index (κ2) is 8.18. The highest BCUT2D eigenvalue weighted by Crippen LogP contribution is 2.29. The third-order valence-electron chi connectivity index (χ3n) is 4.43. The Bertz CT molecular complexity index is 943. The lowest BCUT2D eigenvalue weighted by Gasteiger charge is -2.18. The third kappa shape index (κ3) is 4.26. The van der Waals surface area contributed by atoms with Crippen LogP contribution < -0.4 is 5.32 Å². The molecule has 3 aromatic rings. The van der Waals surface area contributed by atoms with Crippen LogP contribution in [0.15, 0.2) is 60.0 Å². The van der Waals surface area contributed by atoms with Gasteiger partial charge in [-0.2, -0.15) is 0 Å². The number of carbonyl (C=O) groups is 2. The van der Waals surface area contributed by atoms with Crippen LogP contribution in [-0.2, 0) is 6.54 Å². The van der Waals surface area contributed by atoms with Gasteiger partial charge in [0.25, 0.3) is 11.8 Å². The molecule has 2 aromatic carbocycles. The number of carbonyl (C=O) groups excluding carboxylic acids is 2. The second-order valence-electron chi connectivity index (χ2n) is 6.47. The zero-order valence-electron chi connectivity index (χ0n) is 15.7. The molecule has 0 saturated carbocycles. The molecule has 0 radical (unpaired) electrons. The summed E-state index contributed by atoms with van der Waals surface area (Å²) < 4.78 is 0. The van der Waals surface area contributed by atoms with Crippen LogP contribution in [0.5, 0.6) is 0 Å². The van der Waals surface area contributed by atoms with Crippen molar-refractivity contribution in [3.8, 4) is 11.1 Å². The lowest BCUT2D eigenvalue weighted by atomic mass is 10.0. The van der Waals surface area contributed by atoms with Crippen molar-refractivity contribution in [3.63, 3.8) is 0 Å². The minimum atomic E-state index is -0.118. The maximum atomic E-state index is 13.0. The highest BCUT2D eigenvalue weighted by atomic mass is 32.1. The number of thiophene rings is 1. The minimum absolute atomic E-state index is 0.00375. The summed E-state index contributed by atoms with van der Waals surface area (Å²) in [7, 11) is 3.41. The average Bonchev–Trinajstić information content (AvgIpc) is 3.17. The zero-order valence-corrected chi connectivity index (χ0v) is 16.5. The molecule has 27 heavy (non-hydrogen) atoms. The molecule has 5 heteroatoms. The molecule has 138 valence electrons. The van der Waals surface area contributed by atoms with Crippen molar-refractivity contribution in [2.24, 2.45) is 0 Å². The normalized spacial score (nSPS) is 10.5. The summed E-state index contributed by atoms with van der Waals surface area (Å²) in [6, 6.07) is 17.5. The first-order chi connectivity index (χ1) is 13.0. The Morgan fingerprint density at radius 1 is 1.00 bits per heavy atom. The van der Waals surface area contributed by atoms with Gasteiger partial charge in [0.1, 0.15) is 0 Å². The molecule has 1 N–H and O–H groups in total. The average molecular weight is 378 g/mol. The Hall–Kier alpha value is -2.92. The summed E-state index contributed by atoms with van der Waals surface area (Å²) in [6.45, 7) is 2.53. The van der Waals surface area contributed by atoms with Gasteiger partial charge in [0, 0.05) is 31.8 Å². The van der Waals surface area contributed by atoms with E-state index in [-0.39, 0.29) is 11.8 Å².